The fourth-order valence-corrected chi connectivity index (χ4v) is 2.27. The Kier molecular flexibility index (Phi) is 8.79. The van der Waals surface area contributed by atoms with Crippen molar-refractivity contribution < 1.29 is 14.3 Å². The van der Waals surface area contributed by atoms with E-state index in [0.717, 1.165) is 17.7 Å². The number of amides is 2. The number of aryl methyl sites for hydroxylation is 1. The standard InChI is InChI=1S/C19H28N2O3/c1-5-7-13-24-16(4)19(23)21(12-6-2)14-18(22)20-17-11-9-8-10-15(17)3/h5,8-11,16H,1,6-7,12-14H2,2-4H3,(H,20,22). The van der Waals surface area contributed by atoms with Crippen LogP contribution < -0.4 is 5.32 Å². The number of carbonyl (C=O) groups is 2. The minimum absolute atomic E-state index is 0.0240. The van der Waals surface area contributed by atoms with E-state index < -0.39 is 6.10 Å². The Bertz CT molecular complexity index is 557. The largest absolute Gasteiger partial charge is 0.368 e. The molecule has 0 aliphatic heterocycles. The highest BCUT2D eigenvalue weighted by atomic mass is 16.5. The molecule has 1 rings (SSSR count). The van der Waals surface area contributed by atoms with Crippen LogP contribution in [0.15, 0.2) is 36.9 Å². The van der Waals surface area contributed by atoms with Gasteiger partial charge in [-0.05, 0) is 38.3 Å². The van der Waals surface area contributed by atoms with Crippen LogP contribution in [0, 0.1) is 6.92 Å². The molecule has 0 radical (unpaired) electrons. The number of hydrogen-bond donors (Lipinski definition) is 1. The van der Waals surface area contributed by atoms with E-state index in [1.165, 1.54) is 0 Å². The summed E-state index contributed by atoms with van der Waals surface area (Å²) < 4.78 is 5.50. The second-order valence-electron chi connectivity index (χ2n) is 5.71. The highest BCUT2D eigenvalue weighted by molar-refractivity contribution is 5.95. The van der Waals surface area contributed by atoms with Crippen molar-refractivity contribution in [3.63, 3.8) is 0 Å². The lowest BCUT2D eigenvalue weighted by Gasteiger charge is -2.25. The van der Waals surface area contributed by atoms with Gasteiger partial charge in [-0.25, -0.2) is 0 Å². The Balaban J connectivity index is 2.63. The van der Waals surface area contributed by atoms with Gasteiger partial charge in [-0.15, -0.1) is 6.58 Å². The summed E-state index contributed by atoms with van der Waals surface area (Å²) in [4.78, 5) is 26.3. The average molecular weight is 332 g/mol. The van der Waals surface area contributed by atoms with Crippen molar-refractivity contribution in [2.45, 2.75) is 39.7 Å². The summed E-state index contributed by atoms with van der Waals surface area (Å²) in [5, 5.41) is 2.86. The Labute approximate surface area is 144 Å². The van der Waals surface area contributed by atoms with Gasteiger partial charge in [0.15, 0.2) is 0 Å². The highest BCUT2D eigenvalue weighted by Crippen LogP contribution is 2.13. The summed E-state index contributed by atoms with van der Waals surface area (Å²) in [6.07, 6.45) is 2.65. The quantitative estimate of drug-likeness (QED) is 0.529. The zero-order chi connectivity index (χ0) is 17.9. The van der Waals surface area contributed by atoms with E-state index in [0.29, 0.717) is 19.6 Å². The third-order valence-electron chi connectivity index (χ3n) is 3.60. The van der Waals surface area contributed by atoms with Gasteiger partial charge in [0.1, 0.15) is 6.10 Å². The van der Waals surface area contributed by atoms with Crippen LogP contribution in [0.3, 0.4) is 0 Å². The van der Waals surface area contributed by atoms with Crippen molar-refractivity contribution in [1.29, 1.82) is 0 Å². The molecule has 24 heavy (non-hydrogen) atoms. The molecule has 2 amide bonds. The van der Waals surface area contributed by atoms with E-state index in [-0.39, 0.29) is 18.4 Å². The third-order valence-corrected chi connectivity index (χ3v) is 3.60. The van der Waals surface area contributed by atoms with Crippen molar-refractivity contribution in [3.8, 4) is 0 Å². The maximum absolute atomic E-state index is 12.5. The Morgan fingerprint density at radius 1 is 1.38 bits per heavy atom. The molecule has 0 fully saturated rings. The number of nitrogens with zero attached hydrogens (tertiary/aromatic N) is 1. The van der Waals surface area contributed by atoms with Gasteiger partial charge in [-0.3, -0.25) is 9.59 Å². The van der Waals surface area contributed by atoms with Crippen LogP contribution in [0.25, 0.3) is 0 Å². The summed E-state index contributed by atoms with van der Waals surface area (Å²) in [7, 11) is 0. The van der Waals surface area contributed by atoms with Gasteiger partial charge >= 0.3 is 0 Å². The number of ether oxygens (including phenoxy) is 1. The molecule has 0 heterocycles. The fraction of sp³-hybridized carbons (Fsp3) is 0.474. The number of benzene rings is 1. The second-order valence-corrected chi connectivity index (χ2v) is 5.71. The van der Waals surface area contributed by atoms with E-state index in [2.05, 4.69) is 11.9 Å². The smallest absolute Gasteiger partial charge is 0.251 e. The zero-order valence-electron chi connectivity index (χ0n) is 14.9. The molecule has 1 aromatic rings. The van der Waals surface area contributed by atoms with Gasteiger partial charge in [0, 0.05) is 12.2 Å². The van der Waals surface area contributed by atoms with E-state index in [1.54, 1.807) is 17.9 Å². The third kappa shape index (κ3) is 6.54. The van der Waals surface area contributed by atoms with Crippen molar-refractivity contribution in [2.75, 3.05) is 25.0 Å². The average Bonchev–Trinajstić information content (AvgIpc) is 2.56. The molecule has 1 N–H and O–H groups in total. The summed E-state index contributed by atoms with van der Waals surface area (Å²) in [5.74, 6) is -0.370. The second kappa shape index (κ2) is 10.6. The molecular formula is C19H28N2O3. The van der Waals surface area contributed by atoms with Crippen molar-refractivity contribution >= 4 is 17.5 Å². The van der Waals surface area contributed by atoms with Gasteiger partial charge in [0.05, 0.1) is 13.2 Å². The van der Waals surface area contributed by atoms with Gasteiger partial charge in [-0.2, -0.15) is 0 Å². The van der Waals surface area contributed by atoms with Crippen molar-refractivity contribution in [3.05, 3.63) is 42.5 Å². The molecular weight excluding hydrogens is 304 g/mol. The Morgan fingerprint density at radius 3 is 2.71 bits per heavy atom. The number of nitrogens with one attached hydrogen (secondary N) is 1. The Hall–Kier alpha value is -2.14. The minimum atomic E-state index is -0.567. The van der Waals surface area contributed by atoms with Gasteiger partial charge in [0.25, 0.3) is 5.91 Å². The van der Waals surface area contributed by atoms with Crippen LogP contribution in [-0.2, 0) is 14.3 Å². The summed E-state index contributed by atoms with van der Waals surface area (Å²) in [6, 6.07) is 7.56. The van der Waals surface area contributed by atoms with Crippen molar-refractivity contribution in [2.24, 2.45) is 0 Å². The molecule has 0 aliphatic rings. The lowest BCUT2D eigenvalue weighted by molar-refractivity contribution is -0.144. The molecule has 1 unspecified atom stereocenters. The summed E-state index contributed by atoms with van der Waals surface area (Å²) >= 11 is 0. The van der Waals surface area contributed by atoms with Gasteiger partial charge in [0.2, 0.25) is 5.91 Å². The predicted molar refractivity (Wildman–Crippen MR) is 96.9 cm³/mol. The lowest BCUT2D eigenvalue weighted by atomic mass is 10.2. The van der Waals surface area contributed by atoms with Gasteiger partial charge in [-0.1, -0.05) is 31.2 Å². The van der Waals surface area contributed by atoms with Crippen LogP contribution in [0.4, 0.5) is 5.69 Å². The number of rotatable bonds is 10. The monoisotopic (exact) mass is 332 g/mol. The van der Waals surface area contributed by atoms with E-state index >= 15 is 0 Å². The first kappa shape index (κ1) is 19.9. The number of anilines is 1. The highest BCUT2D eigenvalue weighted by Gasteiger charge is 2.22. The first-order valence-corrected chi connectivity index (χ1v) is 8.36. The molecule has 0 aromatic heterocycles. The number of para-hydroxylation sites is 1. The lowest BCUT2D eigenvalue weighted by Crippen LogP contribution is -2.43. The van der Waals surface area contributed by atoms with E-state index in [1.807, 2.05) is 38.1 Å². The SMILES string of the molecule is C=CCCOC(C)C(=O)N(CCC)CC(=O)Nc1ccccc1C. The predicted octanol–water partition coefficient (Wildman–Crippen LogP) is 3.15. The molecule has 0 aliphatic carbocycles. The van der Waals surface area contributed by atoms with E-state index in [4.69, 9.17) is 4.74 Å². The molecule has 5 heteroatoms. The van der Waals surface area contributed by atoms with E-state index in [9.17, 15) is 9.59 Å². The molecule has 0 saturated heterocycles. The summed E-state index contributed by atoms with van der Waals surface area (Å²) in [5.41, 5.74) is 1.75. The molecule has 0 bridgehead atoms. The van der Waals surface area contributed by atoms with Crippen molar-refractivity contribution in [1.82, 2.24) is 4.90 Å². The summed E-state index contributed by atoms with van der Waals surface area (Å²) in [6.45, 7) is 10.2. The molecule has 5 nitrogen and oxygen atoms in total. The maximum atomic E-state index is 12.5. The molecule has 1 aromatic carbocycles. The number of carbonyl (C=O) groups excluding carboxylic acids is 2. The maximum Gasteiger partial charge on any atom is 0.251 e. The molecule has 0 spiro atoms. The van der Waals surface area contributed by atoms with Gasteiger partial charge < -0.3 is 15.0 Å². The normalized spacial score (nSPS) is 11.6. The minimum Gasteiger partial charge on any atom is -0.368 e. The zero-order valence-corrected chi connectivity index (χ0v) is 14.9. The topological polar surface area (TPSA) is 58.6 Å². The fourth-order valence-electron chi connectivity index (χ4n) is 2.27. The molecule has 0 saturated carbocycles. The first-order valence-electron chi connectivity index (χ1n) is 8.36. The van der Waals surface area contributed by atoms with Crippen LogP contribution in [-0.4, -0.2) is 42.5 Å². The molecule has 1 atom stereocenters. The number of hydrogen-bond acceptors (Lipinski definition) is 3. The Morgan fingerprint density at radius 2 is 2.08 bits per heavy atom. The van der Waals surface area contributed by atoms with Crippen LogP contribution in [0.2, 0.25) is 0 Å². The first-order chi connectivity index (χ1) is 11.5. The van der Waals surface area contributed by atoms with Crippen LogP contribution in [0.5, 0.6) is 0 Å². The molecule has 132 valence electrons. The van der Waals surface area contributed by atoms with Crippen LogP contribution >= 0.6 is 0 Å². The van der Waals surface area contributed by atoms with Crippen LogP contribution in [0.1, 0.15) is 32.3 Å².